The summed E-state index contributed by atoms with van der Waals surface area (Å²) >= 11 is 1.93. The SMILES string of the molecule is CC(C)[C@H]1c2cccn2-c2sc3c(c2CN1C(=O)Nc1ccccc1)CCCC3. The Morgan fingerprint density at radius 3 is 2.66 bits per heavy atom. The highest BCUT2D eigenvalue weighted by atomic mass is 32.1. The fourth-order valence-electron chi connectivity index (χ4n) is 4.84. The number of hydrogen-bond acceptors (Lipinski definition) is 2. The minimum atomic E-state index is -0.0220. The Balaban J connectivity index is 1.61. The second kappa shape index (κ2) is 7.38. The lowest BCUT2D eigenvalue weighted by molar-refractivity contribution is 0.161. The molecule has 2 aliphatic rings. The first-order valence-electron chi connectivity index (χ1n) is 10.6. The van der Waals surface area contributed by atoms with Crippen LogP contribution in [0.15, 0.2) is 48.7 Å². The molecule has 1 aromatic carbocycles. The standard InChI is InChI=1S/C24H27N3OS/c1-16(2)22-20-12-8-14-26(20)23-19(18-11-6-7-13-21(18)29-23)15-27(22)24(28)25-17-9-4-3-5-10-17/h3-5,8-10,12,14,16,22H,6-7,11,13,15H2,1-2H3,(H,25,28)/t22-/m0/s1. The van der Waals surface area contributed by atoms with E-state index in [1.54, 1.807) is 0 Å². The predicted octanol–water partition coefficient (Wildman–Crippen LogP) is 6.16. The lowest BCUT2D eigenvalue weighted by Gasteiger charge is -2.33. The lowest BCUT2D eigenvalue weighted by atomic mass is 9.94. The Morgan fingerprint density at radius 1 is 1.07 bits per heavy atom. The number of thiophene rings is 1. The smallest absolute Gasteiger partial charge is 0.311 e. The molecule has 0 saturated carbocycles. The third-order valence-corrected chi connectivity index (χ3v) is 7.48. The third-order valence-electron chi connectivity index (χ3n) is 6.14. The zero-order valence-corrected chi connectivity index (χ0v) is 17.8. The number of nitrogens with zero attached hydrogens (tertiary/aromatic N) is 2. The van der Waals surface area contributed by atoms with Crippen LogP contribution in [0, 0.1) is 5.92 Å². The van der Waals surface area contributed by atoms with Crippen LogP contribution in [-0.4, -0.2) is 15.5 Å². The van der Waals surface area contributed by atoms with Crippen molar-refractivity contribution in [1.82, 2.24) is 9.47 Å². The van der Waals surface area contributed by atoms with E-state index in [1.807, 2.05) is 41.7 Å². The van der Waals surface area contributed by atoms with Crippen LogP contribution in [0.3, 0.4) is 0 Å². The van der Waals surface area contributed by atoms with Gasteiger partial charge < -0.3 is 14.8 Å². The molecule has 150 valence electrons. The number of urea groups is 1. The number of aromatic nitrogens is 1. The number of anilines is 1. The molecular weight excluding hydrogens is 378 g/mol. The number of carbonyl (C=O) groups is 1. The second-order valence-corrected chi connectivity index (χ2v) is 9.49. The van der Waals surface area contributed by atoms with E-state index in [0.717, 1.165) is 12.1 Å². The van der Waals surface area contributed by atoms with E-state index < -0.39 is 0 Å². The summed E-state index contributed by atoms with van der Waals surface area (Å²) in [6.45, 7) is 5.09. The van der Waals surface area contributed by atoms with Gasteiger partial charge in [0.15, 0.2) is 0 Å². The number of para-hydroxylation sites is 1. The van der Waals surface area contributed by atoms with Crippen LogP contribution in [0.1, 0.15) is 54.4 Å². The first kappa shape index (κ1) is 18.5. The van der Waals surface area contributed by atoms with Crippen LogP contribution in [0.5, 0.6) is 0 Å². The molecule has 1 atom stereocenters. The summed E-state index contributed by atoms with van der Waals surface area (Å²) in [5.41, 5.74) is 4.90. The average Bonchev–Trinajstić information content (AvgIpc) is 3.30. The number of nitrogens with one attached hydrogen (secondary N) is 1. The summed E-state index contributed by atoms with van der Waals surface area (Å²) in [5, 5.41) is 4.45. The summed E-state index contributed by atoms with van der Waals surface area (Å²) in [7, 11) is 0. The molecule has 2 amide bonds. The van der Waals surface area contributed by atoms with Crippen LogP contribution in [-0.2, 0) is 19.4 Å². The van der Waals surface area contributed by atoms with Gasteiger partial charge in [0, 0.05) is 28.0 Å². The van der Waals surface area contributed by atoms with Gasteiger partial charge in [0.05, 0.1) is 12.6 Å². The van der Waals surface area contributed by atoms with Crippen LogP contribution < -0.4 is 5.32 Å². The highest BCUT2D eigenvalue weighted by Gasteiger charge is 2.36. The van der Waals surface area contributed by atoms with E-state index in [2.05, 4.69) is 47.0 Å². The molecule has 1 N–H and O–H groups in total. The number of carbonyl (C=O) groups excluding carboxylic acids is 1. The number of hydrogen-bond donors (Lipinski definition) is 1. The normalized spacial score (nSPS) is 18.0. The van der Waals surface area contributed by atoms with E-state index in [1.165, 1.54) is 46.0 Å². The Hall–Kier alpha value is -2.53. The van der Waals surface area contributed by atoms with E-state index in [9.17, 15) is 4.79 Å². The fourth-order valence-corrected chi connectivity index (χ4v) is 6.24. The van der Waals surface area contributed by atoms with Gasteiger partial charge in [0.25, 0.3) is 0 Å². The Bertz CT molecular complexity index is 1030. The molecule has 0 radical (unpaired) electrons. The molecule has 0 bridgehead atoms. The number of fused-ring (bicyclic) bond motifs is 5. The van der Waals surface area contributed by atoms with E-state index in [0.29, 0.717) is 12.5 Å². The van der Waals surface area contributed by atoms with Crippen LogP contribution in [0.2, 0.25) is 0 Å². The zero-order chi connectivity index (χ0) is 20.0. The summed E-state index contributed by atoms with van der Waals surface area (Å²) in [6.07, 6.45) is 7.01. The monoisotopic (exact) mass is 405 g/mol. The van der Waals surface area contributed by atoms with Gasteiger partial charge >= 0.3 is 6.03 Å². The summed E-state index contributed by atoms with van der Waals surface area (Å²) in [5.74, 6) is 0.315. The van der Waals surface area contributed by atoms with Gasteiger partial charge in [-0.15, -0.1) is 11.3 Å². The largest absolute Gasteiger partial charge is 0.322 e. The maximum Gasteiger partial charge on any atom is 0.322 e. The second-order valence-electron chi connectivity index (χ2n) is 8.41. The average molecular weight is 406 g/mol. The quantitative estimate of drug-likeness (QED) is 0.544. The molecule has 0 spiro atoms. The topological polar surface area (TPSA) is 37.3 Å². The highest BCUT2D eigenvalue weighted by molar-refractivity contribution is 7.15. The van der Waals surface area contributed by atoms with Crippen molar-refractivity contribution in [2.24, 2.45) is 5.92 Å². The maximum absolute atomic E-state index is 13.5. The molecule has 1 aliphatic carbocycles. The molecular formula is C24H27N3OS. The summed E-state index contributed by atoms with van der Waals surface area (Å²) in [6, 6.07) is 14.1. The van der Waals surface area contributed by atoms with Crippen molar-refractivity contribution in [1.29, 1.82) is 0 Å². The third kappa shape index (κ3) is 3.18. The van der Waals surface area contributed by atoms with Crippen LogP contribution in [0.25, 0.3) is 5.00 Å². The summed E-state index contributed by atoms with van der Waals surface area (Å²) in [4.78, 5) is 17.0. The highest BCUT2D eigenvalue weighted by Crippen LogP contribution is 2.44. The maximum atomic E-state index is 13.5. The Kier molecular flexibility index (Phi) is 4.70. The number of benzene rings is 1. The molecule has 3 aromatic rings. The van der Waals surface area contributed by atoms with E-state index in [-0.39, 0.29) is 12.1 Å². The Morgan fingerprint density at radius 2 is 1.86 bits per heavy atom. The lowest BCUT2D eigenvalue weighted by Crippen LogP contribution is -2.39. The molecule has 0 saturated heterocycles. The van der Waals surface area contributed by atoms with E-state index in [4.69, 9.17) is 0 Å². The molecule has 2 aromatic heterocycles. The molecule has 1 aliphatic heterocycles. The van der Waals surface area contributed by atoms with Crippen molar-refractivity contribution in [3.8, 4) is 5.00 Å². The minimum absolute atomic E-state index is 0.0220. The fraction of sp³-hybridized carbons (Fsp3) is 0.375. The molecule has 0 fully saturated rings. The summed E-state index contributed by atoms with van der Waals surface area (Å²) < 4.78 is 2.35. The van der Waals surface area contributed by atoms with Crippen molar-refractivity contribution >= 4 is 23.1 Å². The van der Waals surface area contributed by atoms with Gasteiger partial charge in [-0.3, -0.25) is 0 Å². The molecule has 5 rings (SSSR count). The number of aryl methyl sites for hydroxylation is 1. The van der Waals surface area contributed by atoms with Crippen molar-refractivity contribution < 1.29 is 4.79 Å². The van der Waals surface area contributed by atoms with Gasteiger partial charge in [-0.2, -0.15) is 0 Å². The molecule has 0 unspecified atom stereocenters. The van der Waals surface area contributed by atoms with Gasteiger partial charge in [-0.05, 0) is 61.4 Å². The van der Waals surface area contributed by atoms with E-state index >= 15 is 0 Å². The first-order chi connectivity index (χ1) is 14.1. The van der Waals surface area contributed by atoms with Crippen LogP contribution in [0.4, 0.5) is 10.5 Å². The number of amides is 2. The first-order valence-corrected chi connectivity index (χ1v) is 11.4. The van der Waals surface area contributed by atoms with Gasteiger partial charge in [-0.1, -0.05) is 32.0 Å². The Labute approximate surface area is 176 Å². The van der Waals surface area contributed by atoms with Crippen LogP contribution >= 0.6 is 11.3 Å². The number of rotatable bonds is 2. The van der Waals surface area contributed by atoms with Crippen molar-refractivity contribution in [3.05, 3.63) is 70.4 Å². The molecule has 29 heavy (non-hydrogen) atoms. The predicted molar refractivity (Wildman–Crippen MR) is 119 cm³/mol. The van der Waals surface area contributed by atoms with Crippen molar-refractivity contribution in [2.45, 2.75) is 52.1 Å². The zero-order valence-electron chi connectivity index (χ0n) is 17.0. The molecule has 5 heteroatoms. The molecule has 4 nitrogen and oxygen atoms in total. The van der Waals surface area contributed by atoms with Gasteiger partial charge in [-0.25, -0.2) is 4.79 Å². The van der Waals surface area contributed by atoms with Gasteiger partial charge in [0.2, 0.25) is 0 Å². The molecule has 3 heterocycles. The van der Waals surface area contributed by atoms with Crippen molar-refractivity contribution in [2.75, 3.05) is 5.32 Å². The minimum Gasteiger partial charge on any atom is -0.311 e. The van der Waals surface area contributed by atoms with Gasteiger partial charge in [0.1, 0.15) is 5.00 Å². The van der Waals surface area contributed by atoms with Crippen molar-refractivity contribution in [3.63, 3.8) is 0 Å².